The van der Waals surface area contributed by atoms with Crippen LogP contribution in [0.4, 0.5) is 4.79 Å². The Bertz CT molecular complexity index is 647. The van der Waals surface area contributed by atoms with Crippen LogP contribution in [-0.4, -0.2) is 24.8 Å². The molecule has 2 rings (SSSR count). The first-order chi connectivity index (χ1) is 11.1. The Labute approximate surface area is 140 Å². The molecule has 122 valence electrons. The molecule has 0 aliphatic rings. The topological polar surface area (TPSA) is 70.6 Å². The third kappa shape index (κ3) is 5.47. The number of hydrogen-bond donors (Lipinski definition) is 3. The zero-order valence-corrected chi connectivity index (χ0v) is 13.5. The van der Waals surface area contributed by atoms with Crippen molar-refractivity contribution in [3.05, 3.63) is 64.7 Å². The van der Waals surface area contributed by atoms with Gasteiger partial charge in [-0.3, -0.25) is 0 Å². The summed E-state index contributed by atoms with van der Waals surface area (Å²) < 4.78 is 5.13. The summed E-state index contributed by atoms with van der Waals surface area (Å²) in [6.45, 7) is 0.492. The summed E-state index contributed by atoms with van der Waals surface area (Å²) in [6.07, 6.45) is -0.783. The van der Waals surface area contributed by atoms with Gasteiger partial charge in [0.05, 0.1) is 13.2 Å². The van der Waals surface area contributed by atoms with Crippen molar-refractivity contribution in [1.29, 1.82) is 0 Å². The third-order valence-electron chi connectivity index (χ3n) is 3.30. The molecule has 2 amide bonds. The van der Waals surface area contributed by atoms with E-state index < -0.39 is 6.10 Å². The molecule has 0 radical (unpaired) electrons. The van der Waals surface area contributed by atoms with Gasteiger partial charge >= 0.3 is 6.03 Å². The summed E-state index contributed by atoms with van der Waals surface area (Å²) in [5, 5.41) is 16.0. The van der Waals surface area contributed by atoms with Crippen LogP contribution in [0, 0.1) is 0 Å². The highest BCUT2D eigenvalue weighted by Crippen LogP contribution is 2.15. The number of hydrogen-bond acceptors (Lipinski definition) is 3. The molecular weight excluding hydrogens is 316 g/mol. The summed E-state index contributed by atoms with van der Waals surface area (Å²) in [5.74, 6) is 0.739. The molecule has 0 saturated carbocycles. The van der Waals surface area contributed by atoms with Gasteiger partial charge in [0.15, 0.2) is 0 Å². The van der Waals surface area contributed by atoms with Crippen molar-refractivity contribution in [1.82, 2.24) is 10.6 Å². The quantitative estimate of drug-likeness (QED) is 0.760. The number of urea groups is 1. The average molecular weight is 335 g/mol. The van der Waals surface area contributed by atoms with Gasteiger partial charge in [0.25, 0.3) is 0 Å². The maximum absolute atomic E-state index is 11.8. The molecule has 23 heavy (non-hydrogen) atoms. The van der Waals surface area contributed by atoms with Crippen molar-refractivity contribution in [2.45, 2.75) is 12.6 Å². The van der Waals surface area contributed by atoms with Crippen molar-refractivity contribution in [2.75, 3.05) is 13.7 Å². The van der Waals surface area contributed by atoms with Gasteiger partial charge in [-0.25, -0.2) is 4.79 Å². The number of rotatable bonds is 6. The highest BCUT2D eigenvalue weighted by molar-refractivity contribution is 6.30. The summed E-state index contributed by atoms with van der Waals surface area (Å²) in [4.78, 5) is 11.8. The predicted octanol–water partition coefficient (Wildman–Crippen LogP) is 2.88. The maximum atomic E-state index is 11.8. The minimum Gasteiger partial charge on any atom is -0.497 e. The molecule has 0 unspecified atom stereocenters. The van der Waals surface area contributed by atoms with Crippen molar-refractivity contribution in [2.24, 2.45) is 0 Å². The van der Waals surface area contributed by atoms with E-state index in [1.54, 1.807) is 31.4 Å². The number of nitrogens with one attached hydrogen (secondary N) is 2. The Kier molecular flexibility index (Phi) is 6.26. The Morgan fingerprint density at radius 1 is 1.22 bits per heavy atom. The number of ether oxygens (including phenoxy) is 1. The van der Waals surface area contributed by atoms with Crippen LogP contribution in [0.15, 0.2) is 48.5 Å². The maximum Gasteiger partial charge on any atom is 0.315 e. The molecule has 0 heterocycles. The number of carbonyl (C=O) groups is 1. The highest BCUT2D eigenvalue weighted by Gasteiger charge is 2.09. The van der Waals surface area contributed by atoms with Crippen LogP contribution in [0.5, 0.6) is 5.75 Å². The second-order valence-corrected chi connectivity index (χ2v) is 5.42. The summed E-state index contributed by atoms with van der Waals surface area (Å²) in [5.41, 5.74) is 1.63. The van der Waals surface area contributed by atoms with Crippen LogP contribution < -0.4 is 15.4 Å². The lowest BCUT2D eigenvalue weighted by Gasteiger charge is -2.13. The molecule has 2 aromatic rings. The van der Waals surface area contributed by atoms with Gasteiger partial charge in [0.2, 0.25) is 0 Å². The van der Waals surface area contributed by atoms with E-state index in [0.717, 1.165) is 11.3 Å². The Balaban J connectivity index is 1.77. The first-order valence-electron chi connectivity index (χ1n) is 7.16. The Morgan fingerprint density at radius 3 is 2.65 bits per heavy atom. The minimum atomic E-state index is -0.783. The zero-order chi connectivity index (χ0) is 16.7. The molecule has 1 atom stereocenters. The van der Waals surface area contributed by atoms with Crippen LogP contribution in [-0.2, 0) is 6.54 Å². The van der Waals surface area contributed by atoms with E-state index in [-0.39, 0.29) is 12.6 Å². The average Bonchev–Trinajstić information content (AvgIpc) is 2.58. The van der Waals surface area contributed by atoms with Crippen LogP contribution in [0.2, 0.25) is 5.02 Å². The second kappa shape index (κ2) is 8.41. The van der Waals surface area contributed by atoms with Gasteiger partial charge in [0.1, 0.15) is 5.75 Å². The lowest BCUT2D eigenvalue weighted by atomic mass is 10.1. The summed E-state index contributed by atoms with van der Waals surface area (Å²) >= 11 is 5.79. The van der Waals surface area contributed by atoms with E-state index in [2.05, 4.69) is 10.6 Å². The van der Waals surface area contributed by atoms with Crippen molar-refractivity contribution < 1.29 is 14.6 Å². The van der Waals surface area contributed by atoms with E-state index in [0.29, 0.717) is 17.1 Å². The summed E-state index contributed by atoms with van der Waals surface area (Å²) in [6, 6.07) is 13.9. The number of aliphatic hydroxyl groups excluding tert-OH is 1. The fraction of sp³-hybridized carbons (Fsp3) is 0.235. The summed E-state index contributed by atoms with van der Waals surface area (Å²) in [7, 11) is 1.59. The number of carbonyl (C=O) groups excluding carboxylic acids is 1. The number of benzene rings is 2. The zero-order valence-electron chi connectivity index (χ0n) is 12.8. The lowest BCUT2D eigenvalue weighted by Crippen LogP contribution is -2.37. The Morgan fingerprint density at radius 2 is 1.96 bits per heavy atom. The molecule has 0 aromatic heterocycles. The molecule has 6 heteroatoms. The first kappa shape index (κ1) is 17.1. The smallest absolute Gasteiger partial charge is 0.315 e. The molecular formula is C17H19ClN2O3. The van der Waals surface area contributed by atoms with Crippen molar-refractivity contribution in [3.8, 4) is 5.75 Å². The van der Waals surface area contributed by atoms with Gasteiger partial charge in [-0.1, -0.05) is 35.9 Å². The molecule has 0 aliphatic heterocycles. The Hall–Kier alpha value is -2.24. The van der Waals surface area contributed by atoms with Crippen LogP contribution in [0.3, 0.4) is 0 Å². The fourth-order valence-corrected chi connectivity index (χ4v) is 2.15. The molecule has 5 nitrogen and oxygen atoms in total. The van der Waals surface area contributed by atoms with Gasteiger partial charge in [-0.15, -0.1) is 0 Å². The van der Waals surface area contributed by atoms with Gasteiger partial charge in [-0.05, 0) is 35.4 Å². The van der Waals surface area contributed by atoms with Gasteiger partial charge < -0.3 is 20.5 Å². The largest absolute Gasteiger partial charge is 0.497 e. The van der Waals surface area contributed by atoms with Crippen LogP contribution in [0.25, 0.3) is 0 Å². The van der Waals surface area contributed by atoms with E-state index in [9.17, 15) is 9.90 Å². The van der Waals surface area contributed by atoms with E-state index in [1.807, 2.05) is 24.3 Å². The molecule has 0 aliphatic carbocycles. The monoisotopic (exact) mass is 334 g/mol. The lowest BCUT2D eigenvalue weighted by molar-refractivity contribution is 0.173. The van der Waals surface area contributed by atoms with E-state index in [1.165, 1.54) is 0 Å². The molecule has 2 aromatic carbocycles. The molecule has 0 fully saturated rings. The van der Waals surface area contributed by atoms with Crippen molar-refractivity contribution in [3.63, 3.8) is 0 Å². The number of aliphatic hydroxyl groups is 1. The van der Waals surface area contributed by atoms with E-state index >= 15 is 0 Å². The standard InChI is InChI=1S/C17H19ClN2O3/c1-23-15-4-2-3-12(9-15)10-19-17(22)20-11-16(21)13-5-7-14(18)8-6-13/h2-9,16,21H,10-11H2,1H3,(H2,19,20,22)/t16-/m0/s1. The second-order valence-electron chi connectivity index (χ2n) is 4.98. The minimum absolute atomic E-state index is 0.117. The normalized spacial score (nSPS) is 11.6. The number of halogens is 1. The highest BCUT2D eigenvalue weighted by atomic mass is 35.5. The molecule has 0 saturated heterocycles. The van der Waals surface area contributed by atoms with Gasteiger partial charge in [0, 0.05) is 18.1 Å². The van der Waals surface area contributed by atoms with Crippen LogP contribution >= 0.6 is 11.6 Å². The number of methoxy groups -OCH3 is 1. The van der Waals surface area contributed by atoms with Crippen LogP contribution in [0.1, 0.15) is 17.2 Å². The SMILES string of the molecule is COc1cccc(CNC(=O)NC[C@H](O)c2ccc(Cl)cc2)c1. The van der Waals surface area contributed by atoms with Gasteiger partial charge in [-0.2, -0.15) is 0 Å². The van der Waals surface area contributed by atoms with E-state index in [4.69, 9.17) is 16.3 Å². The first-order valence-corrected chi connectivity index (χ1v) is 7.54. The fourth-order valence-electron chi connectivity index (χ4n) is 2.02. The van der Waals surface area contributed by atoms with Crippen molar-refractivity contribution >= 4 is 17.6 Å². The predicted molar refractivity (Wildman–Crippen MR) is 89.6 cm³/mol. The number of amides is 2. The molecule has 3 N–H and O–H groups in total. The third-order valence-corrected chi connectivity index (χ3v) is 3.55. The molecule has 0 spiro atoms. The molecule has 0 bridgehead atoms.